The fourth-order valence-electron chi connectivity index (χ4n) is 7.73. The lowest BCUT2D eigenvalue weighted by molar-refractivity contribution is -0.116. The van der Waals surface area contributed by atoms with E-state index in [2.05, 4.69) is 37.8 Å². The van der Waals surface area contributed by atoms with Crippen LogP contribution in [-0.4, -0.2) is 22.2 Å². The van der Waals surface area contributed by atoms with Crippen LogP contribution in [0, 0.1) is 34.5 Å². The molecule has 0 aromatic heterocycles. The summed E-state index contributed by atoms with van der Waals surface area (Å²) in [6.45, 7) is 4.99. The molecule has 2 N–H and O–H groups in total. The van der Waals surface area contributed by atoms with Crippen molar-refractivity contribution < 1.29 is 19.8 Å². The first-order chi connectivity index (χ1) is 15.2. The van der Waals surface area contributed by atoms with E-state index in [0.717, 1.165) is 23.5 Å². The molecule has 0 amide bonds. The highest BCUT2D eigenvalue weighted by atomic mass is 16.4. The molecule has 4 saturated carbocycles. The zero-order valence-corrected chi connectivity index (χ0v) is 18.5. The van der Waals surface area contributed by atoms with Gasteiger partial charge in [0.25, 0.3) is 0 Å². The highest BCUT2D eigenvalue weighted by molar-refractivity contribution is 5.95. The first-order valence-electron chi connectivity index (χ1n) is 11.4. The van der Waals surface area contributed by atoms with Crippen molar-refractivity contribution in [3.8, 4) is 11.8 Å². The molecule has 4 aliphatic rings. The van der Waals surface area contributed by atoms with Crippen LogP contribution in [0.15, 0.2) is 42.5 Å². The Labute approximate surface area is 188 Å². The largest absolute Gasteiger partial charge is 0.478 e. The fourth-order valence-corrected chi connectivity index (χ4v) is 7.73. The van der Waals surface area contributed by atoms with E-state index in [0.29, 0.717) is 22.3 Å². The summed E-state index contributed by atoms with van der Waals surface area (Å²) in [6.07, 6.45) is 6.80. The lowest BCUT2D eigenvalue weighted by Gasteiger charge is -2.65. The molecule has 0 atom stereocenters. The summed E-state index contributed by atoms with van der Waals surface area (Å²) in [4.78, 5) is 22.7. The van der Waals surface area contributed by atoms with Crippen LogP contribution in [-0.2, 0) is 0 Å². The van der Waals surface area contributed by atoms with Gasteiger partial charge < -0.3 is 10.2 Å². The second-order valence-corrected chi connectivity index (χ2v) is 10.8. The van der Waals surface area contributed by atoms with Crippen LogP contribution in [0.2, 0.25) is 0 Å². The van der Waals surface area contributed by atoms with Gasteiger partial charge in [-0.1, -0.05) is 37.8 Å². The lowest BCUT2D eigenvalue weighted by atomic mass is 9.39. The highest BCUT2D eigenvalue weighted by Gasteiger charge is 2.60. The maximum atomic E-state index is 11.5. The van der Waals surface area contributed by atoms with Crippen LogP contribution in [0.4, 0.5) is 0 Å². The highest BCUT2D eigenvalue weighted by Crippen LogP contribution is 2.70. The topological polar surface area (TPSA) is 74.6 Å². The van der Waals surface area contributed by atoms with Gasteiger partial charge in [-0.15, -0.1) is 0 Å². The van der Waals surface area contributed by atoms with Gasteiger partial charge in [-0.3, -0.25) is 0 Å². The van der Waals surface area contributed by atoms with Crippen molar-refractivity contribution >= 4 is 11.9 Å². The van der Waals surface area contributed by atoms with Gasteiger partial charge in [0.15, 0.2) is 0 Å². The standard InChI is InChI=1S/C28H28O4/c1-27-13-18-11-19(14-27)16-28(2,15-18)24(27)21-7-4-17(5-8-21)3-6-20-9-10-22(25(29)30)12-23(20)26(31)32/h4-5,7-10,12,18-19,24H,11,13-16H2,1-2H3,(H,29,30)(H,31,32). The molecule has 0 radical (unpaired) electrons. The van der Waals surface area contributed by atoms with Gasteiger partial charge >= 0.3 is 11.9 Å². The lowest BCUT2D eigenvalue weighted by Crippen LogP contribution is -2.54. The van der Waals surface area contributed by atoms with Crippen LogP contribution in [0.25, 0.3) is 0 Å². The summed E-state index contributed by atoms with van der Waals surface area (Å²) in [5, 5.41) is 18.5. The minimum absolute atomic E-state index is 0.0602. The Balaban J connectivity index is 1.42. The van der Waals surface area contributed by atoms with Crippen molar-refractivity contribution in [3.63, 3.8) is 0 Å². The second-order valence-electron chi connectivity index (χ2n) is 10.8. The van der Waals surface area contributed by atoms with E-state index in [4.69, 9.17) is 5.11 Å². The number of hydrogen-bond donors (Lipinski definition) is 2. The summed E-state index contributed by atoms with van der Waals surface area (Å²) in [7, 11) is 0. The number of aromatic carboxylic acids is 2. The van der Waals surface area contributed by atoms with Gasteiger partial charge in [0.05, 0.1) is 11.1 Å². The van der Waals surface area contributed by atoms with Crippen molar-refractivity contribution in [3.05, 3.63) is 70.3 Å². The Morgan fingerprint density at radius 3 is 1.97 bits per heavy atom. The molecule has 164 valence electrons. The van der Waals surface area contributed by atoms with Crippen molar-refractivity contribution in [2.45, 2.75) is 51.9 Å². The summed E-state index contributed by atoms with van der Waals surface area (Å²) in [5.41, 5.74) is 3.15. The number of carbonyl (C=O) groups is 2. The molecule has 0 unspecified atom stereocenters. The number of rotatable bonds is 3. The molecule has 4 bridgehead atoms. The number of benzene rings is 2. The fraction of sp³-hybridized carbons (Fsp3) is 0.429. The third-order valence-electron chi connectivity index (χ3n) is 8.16. The molecule has 6 rings (SSSR count). The Kier molecular flexibility index (Phi) is 4.71. The molecule has 0 spiro atoms. The van der Waals surface area contributed by atoms with E-state index < -0.39 is 11.9 Å². The zero-order valence-electron chi connectivity index (χ0n) is 18.5. The van der Waals surface area contributed by atoms with Crippen molar-refractivity contribution in [1.29, 1.82) is 0 Å². The molecule has 0 aliphatic heterocycles. The third-order valence-corrected chi connectivity index (χ3v) is 8.16. The monoisotopic (exact) mass is 428 g/mol. The smallest absolute Gasteiger partial charge is 0.336 e. The van der Waals surface area contributed by atoms with Gasteiger partial charge in [0.2, 0.25) is 0 Å². The first kappa shape index (κ1) is 20.8. The predicted octanol–water partition coefficient (Wildman–Crippen LogP) is 5.80. The summed E-state index contributed by atoms with van der Waals surface area (Å²) < 4.78 is 0. The normalized spacial score (nSPS) is 32.2. The molecule has 0 heterocycles. The summed E-state index contributed by atoms with van der Waals surface area (Å²) >= 11 is 0. The third kappa shape index (κ3) is 3.41. The van der Waals surface area contributed by atoms with E-state index >= 15 is 0 Å². The van der Waals surface area contributed by atoms with Gasteiger partial charge in [-0.25, -0.2) is 9.59 Å². The Morgan fingerprint density at radius 2 is 1.44 bits per heavy atom. The minimum atomic E-state index is -1.18. The van der Waals surface area contributed by atoms with Crippen molar-refractivity contribution in [1.82, 2.24) is 0 Å². The quantitative estimate of drug-likeness (QED) is 0.606. The Bertz CT molecular complexity index is 1130. The van der Waals surface area contributed by atoms with Crippen LogP contribution >= 0.6 is 0 Å². The van der Waals surface area contributed by atoms with Gasteiger partial charge in [0.1, 0.15) is 0 Å². The number of hydrogen-bond acceptors (Lipinski definition) is 2. The molecule has 4 nitrogen and oxygen atoms in total. The minimum Gasteiger partial charge on any atom is -0.478 e. The zero-order chi connectivity index (χ0) is 22.7. The molecule has 32 heavy (non-hydrogen) atoms. The summed E-state index contributed by atoms with van der Waals surface area (Å²) in [6, 6.07) is 12.5. The first-order valence-corrected chi connectivity index (χ1v) is 11.4. The average Bonchev–Trinajstić information content (AvgIpc) is 2.70. The van der Waals surface area contributed by atoms with Gasteiger partial charge in [-0.05, 0) is 96.6 Å². The Hall–Kier alpha value is -3.06. The Morgan fingerprint density at radius 1 is 0.844 bits per heavy atom. The molecule has 2 aromatic rings. The molecule has 4 aliphatic carbocycles. The molecular weight excluding hydrogens is 400 g/mol. The molecule has 4 heteroatoms. The van der Waals surface area contributed by atoms with E-state index in [1.807, 2.05) is 12.1 Å². The van der Waals surface area contributed by atoms with Crippen molar-refractivity contribution in [2.24, 2.45) is 22.7 Å². The summed E-state index contributed by atoms with van der Waals surface area (Å²) in [5.74, 6) is 6.01. The van der Waals surface area contributed by atoms with Crippen LogP contribution < -0.4 is 0 Å². The predicted molar refractivity (Wildman–Crippen MR) is 122 cm³/mol. The number of carboxylic acid groups (broad SMARTS) is 2. The second kappa shape index (κ2) is 7.24. The molecule has 0 saturated heterocycles. The van der Waals surface area contributed by atoms with Crippen LogP contribution in [0.3, 0.4) is 0 Å². The van der Waals surface area contributed by atoms with Crippen molar-refractivity contribution in [2.75, 3.05) is 0 Å². The van der Waals surface area contributed by atoms with Crippen LogP contribution in [0.5, 0.6) is 0 Å². The maximum Gasteiger partial charge on any atom is 0.336 e. The van der Waals surface area contributed by atoms with E-state index in [-0.39, 0.29) is 11.1 Å². The van der Waals surface area contributed by atoms with E-state index in [1.54, 1.807) is 0 Å². The average molecular weight is 429 g/mol. The SMILES string of the molecule is CC12CC3CC(C1)CC(C)(C3)C2c1ccc(C#Cc2ccc(C(=O)O)cc2C(=O)O)cc1. The van der Waals surface area contributed by atoms with Gasteiger partial charge in [0, 0.05) is 11.1 Å². The maximum absolute atomic E-state index is 11.5. The van der Waals surface area contributed by atoms with Gasteiger partial charge in [-0.2, -0.15) is 0 Å². The molecule has 4 fully saturated rings. The van der Waals surface area contributed by atoms with E-state index in [1.165, 1.54) is 49.8 Å². The molecular formula is C28H28O4. The van der Waals surface area contributed by atoms with E-state index in [9.17, 15) is 14.7 Å². The molecule has 2 aromatic carbocycles. The van der Waals surface area contributed by atoms with Crippen LogP contribution in [0.1, 0.15) is 89.3 Å². The number of carboxylic acids is 2.